The zero-order chi connectivity index (χ0) is 12.7. The standard InChI is InChI=1S/C15H15BrFN/c1-10-9-18(8-7-17)14-6-5-11-12(15(10)14)3-2-4-13(11)16/h2-6,10H,7-9H2,1H3. The molecule has 94 valence electrons. The molecule has 0 bridgehead atoms. The second-order valence-electron chi connectivity index (χ2n) is 4.87. The highest BCUT2D eigenvalue weighted by atomic mass is 79.9. The van der Waals surface area contributed by atoms with Gasteiger partial charge in [-0.2, -0.15) is 0 Å². The molecule has 1 heterocycles. The van der Waals surface area contributed by atoms with Crippen LogP contribution in [-0.4, -0.2) is 19.8 Å². The van der Waals surface area contributed by atoms with Gasteiger partial charge in [0.05, 0.1) is 0 Å². The van der Waals surface area contributed by atoms with Crippen LogP contribution in [0.2, 0.25) is 0 Å². The third-order valence-electron chi connectivity index (χ3n) is 3.71. The lowest BCUT2D eigenvalue weighted by atomic mass is 9.96. The Labute approximate surface area is 115 Å². The monoisotopic (exact) mass is 307 g/mol. The Morgan fingerprint density at radius 2 is 2.11 bits per heavy atom. The molecule has 1 unspecified atom stereocenters. The third-order valence-corrected chi connectivity index (χ3v) is 4.40. The van der Waals surface area contributed by atoms with Crippen molar-refractivity contribution in [1.82, 2.24) is 0 Å². The van der Waals surface area contributed by atoms with Crippen LogP contribution in [0.4, 0.5) is 10.1 Å². The van der Waals surface area contributed by atoms with Crippen molar-refractivity contribution in [2.75, 3.05) is 24.7 Å². The maximum absolute atomic E-state index is 12.6. The molecule has 0 radical (unpaired) electrons. The lowest BCUT2D eigenvalue weighted by molar-refractivity contribution is 0.491. The van der Waals surface area contributed by atoms with Gasteiger partial charge in [-0.15, -0.1) is 0 Å². The molecular formula is C15H15BrFN. The first-order valence-electron chi connectivity index (χ1n) is 6.24. The summed E-state index contributed by atoms with van der Waals surface area (Å²) in [4.78, 5) is 2.15. The Morgan fingerprint density at radius 3 is 2.89 bits per heavy atom. The highest BCUT2D eigenvalue weighted by Gasteiger charge is 2.27. The minimum atomic E-state index is -0.289. The van der Waals surface area contributed by atoms with Crippen molar-refractivity contribution >= 4 is 32.4 Å². The van der Waals surface area contributed by atoms with E-state index < -0.39 is 0 Å². The quantitative estimate of drug-likeness (QED) is 0.790. The van der Waals surface area contributed by atoms with Gasteiger partial charge in [-0.25, -0.2) is 4.39 Å². The lowest BCUT2D eigenvalue weighted by Crippen LogP contribution is -2.23. The van der Waals surface area contributed by atoms with Crippen LogP contribution in [0, 0.1) is 0 Å². The molecular weight excluding hydrogens is 293 g/mol. The van der Waals surface area contributed by atoms with Gasteiger partial charge in [-0.3, -0.25) is 0 Å². The van der Waals surface area contributed by atoms with Gasteiger partial charge in [0.15, 0.2) is 0 Å². The zero-order valence-electron chi connectivity index (χ0n) is 10.3. The molecule has 0 saturated heterocycles. The SMILES string of the molecule is CC1CN(CCF)c2ccc3c(Br)cccc3c21. The molecule has 3 heteroatoms. The summed E-state index contributed by atoms with van der Waals surface area (Å²) < 4.78 is 13.7. The summed E-state index contributed by atoms with van der Waals surface area (Å²) >= 11 is 3.60. The van der Waals surface area contributed by atoms with Gasteiger partial charge in [-0.05, 0) is 28.5 Å². The normalized spacial score (nSPS) is 18.4. The summed E-state index contributed by atoms with van der Waals surface area (Å²) in [5, 5.41) is 2.53. The highest BCUT2D eigenvalue weighted by molar-refractivity contribution is 9.10. The summed E-state index contributed by atoms with van der Waals surface area (Å²) in [5.41, 5.74) is 2.56. The lowest BCUT2D eigenvalue weighted by Gasteiger charge is -2.17. The van der Waals surface area contributed by atoms with Gasteiger partial charge in [0.1, 0.15) is 6.67 Å². The van der Waals surface area contributed by atoms with Crippen molar-refractivity contribution < 1.29 is 4.39 Å². The Hall–Kier alpha value is -1.09. The van der Waals surface area contributed by atoms with Crippen molar-refractivity contribution in [3.05, 3.63) is 40.4 Å². The minimum absolute atomic E-state index is 0.289. The fourth-order valence-electron chi connectivity index (χ4n) is 2.96. The number of halogens is 2. The van der Waals surface area contributed by atoms with E-state index in [1.54, 1.807) is 0 Å². The van der Waals surface area contributed by atoms with Gasteiger partial charge in [0, 0.05) is 29.2 Å². The summed E-state index contributed by atoms with van der Waals surface area (Å²) in [6.07, 6.45) is 0. The summed E-state index contributed by atoms with van der Waals surface area (Å²) in [5.74, 6) is 0.463. The van der Waals surface area contributed by atoms with Gasteiger partial charge >= 0.3 is 0 Å². The van der Waals surface area contributed by atoms with Gasteiger partial charge in [-0.1, -0.05) is 41.1 Å². The van der Waals surface area contributed by atoms with E-state index in [1.807, 2.05) is 0 Å². The Morgan fingerprint density at radius 1 is 1.28 bits per heavy atom. The van der Waals surface area contributed by atoms with Crippen molar-refractivity contribution in [1.29, 1.82) is 0 Å². The number of anilines is 1. The van der Waals surface area contributed by atoms with Crippen LogP contribution >= 0.6 is 15.9 Å². The molecule has 0 N–H and O–H groups in total. The van der Waals surface area contributed by atoms with E-state index in [0.717, 1.165) is 11.0 Å². The van der Waals surface area contributed by atoms with Crippen molar-refractivity contribution in [3.63, 3.8) is 0 Å². The van der Waals surface area contributed by atoms with Gasteiger partial charge < -0.3 is 4.90 Å². The van der Waals surface area contributed by atoms with E-state index in [9.17, 15) is 4.39 Å². The molecule has 0 aromatic heterocycles. The molecule has 1 atom stereocenters. The number of hydrogen-bond donors (Lipinski definition) is 0. The first kappa shape index (κ1) is 12.0. The molecule has 1 aliphatic rings. The van der Waals surface area contributed by atoms with E-state index in [4.69, 9.17) is 0 Å². The largest absolute Gasteiger partial charge is 0.368 e. The van der Waals surface area contributed by atoms with Crippen LogP contribution in [0.3, 0.4) is 0 Å². The van der Waals surface area contributed by atoms with Crippen molar-refractivity contribution in [3.8, 4) is 0 Å². The predicted octanol–water partition coefficient (Wildman–Crippen LogP) is 4.50. The Kier molecular flexibility index (Phi) is 3.02. The van der Waals surface area contributed by atoms with Crippen LogP contribution in [-0.2, 0) is 0 Å². The van der Waals surface area contributed by atoms with Crippen LogP contribution in [0.1, 0.15) is 18.4 Å². The number of nitrogens with zero attached hydrogens (tertiary/aromatic N) is 1. The zero-order valence-corrected chi connectivity index (χ0v) is 11.9. The van der Waals surface area contributed by atoms with Crippen LogP contribution < -0.4 is 4.90 Å². The fraction of sp³-hybridized carbons (Fsp3) is 0.333. The summed E-state index contributed by atoms with van der Waals surface area (Å²) in [6, 6.07) is 10.5. The van der Waals surface area contributed by atoms with Crippen LogP contribution in [0.5, 0.6) is 0 Å². The van der Waals surface area contributed by atoms with Gasteiger partial charge in [0.2, 0.25) is 0 Å². The molecule has 2 aromatic carbocycles. The number of hydrogen-bond acceptors (Lipinski definition) is 1. The van der Waals surface area contributed by atoms with E-state index in [2.05, 4.69) is 58.1 Å². The number of alkyl halides is 1. The minimum Gasteiger partial charge on any atom is -0.368 e. The highest BCUT2D eigenvalue weighted by Crippen LogP contribution is 2.42. The average Bonchev–Trinajstić information content (AvgIpc) is 2.68. The number of fused-ring (bicyclic) bond motifs is 3. The molecule has 0 fully saturated rings. The molecule has 0 aliphatic carbocycles. The molecule has 2 aromatic rings. The molecule has 1 nitrogen and oxygen atoms in total. The maximum atomic E-state index is 12.6. The van der Waals surface area contributed by atoms with E-state index >= 15 is 0 Å². The first-order chi connectivity index (χ1) is 8.72. The summed E-state index contributed by atoms with van der Waals surface area (Å²) in [7, 11) is 0. The van der Waals surface area contributed by atoms with Crippen molar-refractivity contribution in [2.24, 2.45) is 0 Å². The van der Waals surface area contributed by atoms with E-state index in [-0.39, 0.29) is 6.67 Å². The maximum Gasteiger partial charge on any atom is 0.107 e. The average molecular weight is 308 g/mol. The summed E-state index contributed by atoms with van der Waals surface area (Å²) in [6.45, 7) is 3.35. The number of rotatable bonds is 2. The van der Waals surface area contributed by atoms with Crippen molar-refractivity contribution in [2.45, 2.75) is 12.8 Å². The number of benzene rings is 2. The Balaban J connectivity index is 2.23. The molecule has 0 amide bonds. The fourth-order valence-corrected chi connectivity index (χ4v) is 3.46. The molecule has 0 saturated carbocycles. The first-order valence-corrected chi connectivity index (χ1v) is 7.03. The molecule has 1 aliphatic heterocycles. The van der Waals surface area contributed by atoms with E-state index in [1.165, 1.54) is 22.0 Å². The molecule has 18 heavy (non-hydrogen) atoms. The van der Waals surface area contributed by atoms with Gasteiger partial charge in [0.25, 0.3) is 0 Å². The second kappa shape index (κ2) is 4.54. The molecule has 3 rings (SSSR count). The third kappa shape index (κ3) is 1.72. The van der Waals surface area contributed by atoms with Crippen LogP contribution in [0.25, 0.3) is 10.8 Å². The Bertz CT molecular complexity index is 596. The van der Waals surface area contributed by atoms with Crippen LogP contribution in [0.15, 0.2) is 34.8 Å². The molecule has 0 spiro atoms. The smallest absolute Gasteiger partial charge is 0.107 e. The van der Waals surface area contributed by atoms with E-state index in [0.29, 0.717) is 12.5 Å². The second-order valence-corrected chi connectivity index (χ2v) is 5.72. The topological polar surface area (TPSA) is 3.24 Å². The predicted molar refractivity (Wildman–Crippen MR) is 78.3 cm³/mol.